The Morgan fingerprint density at radius 2 is 1.81 bits per heavy atom. The zero-order chi connectivity index (χ0) is 12.0. The number of hydrogen-bond donors (Lipinski definition) is 1. The first-order chi connectivity index (χ1) is 7.55. The Kier molecular flexibility index (Phi) is 5.03. The lowest BCUT2D eigenvalue weighted by atomic mass is 9.44. The Morgan fingerprint density at radius 1 is 1.19 bits per heavy atom. The molecule has 1 aromatic carbocycles. The van der Waals surface area contributed by atoms with Gasteiger partial charge in [-0.05, 0) is 17.2 Å². The molecule has 0 spiro atoms. The molecule has 0 heterocycles. The van der Waals surface area contributed by atoms with Gasteiger partial charge < -0.3 is 9.76 Å². The molecule has 0 amide bonds. The largest absolute Gasteiger partial charge is 0.430 e. The summed E-state index contributed by atoms with van der Waals surface area (Å²) in [7, 11) is 0. The number of hydrogen-bond acceptors (Lipinski definition) is 2. The molecular weight excluding hydrogens is 199 g/mol. The van der Waals surface area contributed by atoms with Gasteiger partial charge >= 0.3 is 6.92 Å². The van der Waals surface area contributed by atoms with E-state index in [-0.39, 0.29) is 18.8 Å². The molecule has 0 aliphatic carbocycles. The number of benzene rings is 1. The number of rotatable bonds is 5. The third-order valence-electron chi connectivity index (χ3n) is 2.48. The Morgan fingerprint density at radius 3 is 2.31 bits per heavy atom. The molecule has 88 valence electrons. The molecule has 0 aromatic heterocycles. The Balaban J connectivity index is 2.73. The summed E-state index contributed by atoms with van der Waals surface area (Å²) >= 11 is 0. The number of aliphatic hydroxyl groups excluding tert-OH is 1. The molecule has 0 aliphatic heterocycles. The van der Waals surface area contributed by atoms with Crippen LogP contribution in [0.5, 0.6) is 0 Å². The van der Waals surface area contributed by atoms with Crippen molar-refractivity contribution >= 4 is 12.4 Å². The van der Waals surface area contributed by atoms with Gasteiger partial charge in [-0.1, -0.05) is 51.1 Å². The van der Waals surface area contributed by atoms with Crippen molar-refractivity contribution < 1.29 is 9.76 Å². The van der Waals surface area contributed by atoms with E-state index in [0.29, 0.717) is 13.0 Å². The summed E-state index contributed by atoms with van der Waals surface area (Å²) in [6, 6.07) is 10.3. The molecule has 16 heavy (non-hydrogen) atoms. The monoisotopic (exact) mass is 220 g/mol. The van der Waals surface area contributed by atoms with Crippen LogP contribution in [0, 0.1) is 0 Å². The molecule has 0 bridgehead atoms. The van der Waals surface area contributed by atoms with Crippen LogP contribution in [-0.2, 0) is 4.65 Å². The molecule has 3 heteroatoms. The Bertz CT molecular complexity index is 293. The van der Waals surface area contributed by atoms with E-state index in [4.69, 9.17) is 9.76 Å². The molecule has 2 nitrogen and oxygen atoms in total. The highest BCUT2D eigenvalue weighted by atomic mass is 16.4. The van der Waals surface area contributed by atoms with Gasteiger partial charge in [0.25, 0.3) is 0 Å². The van der Waals surface area contributed by atoms with Crippen molar-refractivity contribution in [2.75, 3.05) is 13.2 Å². The molecule has 0 saturated heterocycles. The van der Waals surface area contributed by atoms with Gasteiger partial charge in [-0.15, -0.1) is 0 Å². The normalized spacial score (nSPS) is 11.5. The van der Waals surface area contributed by atoms with Crippen LogP contribution in [0.3, 0.4) is 0 Å². The van der Waals surface area contributed by atoms with Crippen molar-refractivity contribution in [2.45, 2.75) is 32.5 Å². The second-order valence-electron chi connectivity index (χ2n) is 5.10. The number of aliphatic hydroxyl groups is 1. The lowest BCUT2D eigenvalue weighted by Gasteiger charge is -2.27. The van der Waals surface area contributed by atoms with E-state index in [9.17, 15) is 0 Å². The summed E-state index contributed by atoms with van der Waals surface area (Å²) in [6.07, 6.45) is 0.694. The van der Waals surface area contributed by atoms with Crippen molar-refractivity contribution in [3.63, 3.8) is 0 Å². The van der Waals surface area contributed by atoms with Gasteiger partial charge in [0.05, 0.1) is 0 Å². The minimum atomic E-state index is 0.0663. The van der Waals surface area contributed by atoms with E-state index in [1.807, 2.05) is 18.2 Å². The molecule has 0 atom stereocenters. The lowest BCUT2D eigenvalue weighted by molar-refractivity contribution is 0.231. The fourth-order valence-electron chi connectivity index (χ4n) is 1.74. The van der Waals surface area contributed by atoms with E-state index in [1.165, 1.54) is 5.46 Å². The van der Waals surface area contributed by atoms with Gasteiger partial charge in [-0.3, -0.25) is 0 Å². The molecule has 0 unspecified atom stereocenters. The van der Waals surface area contributed by atoms with Crippen LogP contribution in [0.2, 0.25) is 5.31 Å². The maximum Gasteiger partial charge on any atom is 0.332 e. The summed E-state index contributed by atoms with van der Waals surface area (Å²) in [6.45, 7) is 7.38. The third-order valence-corrected chi connectivity index (χ3v) is 2.48. The zero-order valence-electron chi connectivity index (χ0n) is 10.4. The van der Waals surface area contributed by atoms with Crippen molar-refractivity contribution in [1.29, 1.82) is 0 Å². The van der Waals surface area contributed by atoms with Gasteiger partial charge in [-0.2, -0.15) is 0 Å². The minimum absolute atomic E-state index is 0.0663. The van der Waals surface area contributed by atoms with Crippen LogP contribution >= 0.6 is 0 Å². The van der Waals surface area contributed by atoms with Gasteiger partial charge in [0.15, 0.2) is 0 Å². The molecule has 1 N–H and O–H groups in total. The van der Waals surface area contributed by atoms with Crippen molar-refractivity contribution in [1.82, 2.24) is 0 Å². The van der Waals surface area contributed by atoms with E-state index in [1.54, 1.807) is 0 Å². The Labute approximate surface area is 98.8 Å². The second-order valence-corrected chi connectivity index (χ2v) is 5.10. The standard InChI is InChI=1S/C13H21BO2/c1-13(2,3)14(16-11-7-10-15)12-8-5-4-6-9-12/h4-6,8-9,15H,7,10-11H2,1-3H3. The molecule has 0 radical (unpaired) electrons. The van der Waals surface area contributed by atoms with Crippen LogP contribution in [0.4, 0.5) is 0 Å². The summed E-state index contributed by atoms with van der Waals surface area (Å²) in [5, 5.41) is 8.84. The highest BCUT2D eigenvalue weighted by Gasteiger charge is 2.32. The topological polar surface area (TPSA) is 29.5 Å². The van der Waals surface area contributed by atoms with E-state index in [0.717, 1.165) is 0 Å². The van der Waals surface area contributed by atoms with Gasteiger partial charge in [0, 0.05) is 13.2 Å². The van der Waals surface area contributed by atoms with E-state index < -0.39 is 0 Å². The quantitative estimate of drug-likeness (QED) is 0.608. The highest BCUT2D eigenvalue weighted by molar-refractivity contribution is 6.70. The SMILES string of the molecule is CC(C)(C)B(OCCCO)c1ccccc1. The van der Waals surface area contributed by atoms with Crippen molar-refractivity contribution in [3.05, 3.63) is 30.3 Å². The Hall–Kier alpha value is -0.795. The van der Waals surface area contributed by atoms with E-state index in [2.05, 4.69) is 32.9 Å². The smallest absolute Gasteiger partial charge is 0.332 e. The van der Waals surface area contributed by atoms with Crippen LogP contribution in [0.1, 0.15) is 27.2 Å². The maximum absolute atomic E-state index is 8.77. The molecular formula is C13H21BO2. The van der Waals surface area contributed by atoms with Crippen LogP contribution in [0.25, 0.3) is 0 Å². The predicted molar refractivity (Wildman–Crippen MR) is 69.2 cm³/mol. The summed E-state index contributed by atoms with van der Waals surface area (Å²) in [5.74, 6) is 0. The van der Waals surface area contributed by atoms with E-state index >= 15 is 0 Å². The van der Waals surface area contributed by atoms with Crippen LogP contribution in [-0.4, -0.2) is 25.2 Å². The second kappa shape index (κ2) is 6.07. The first-order valence-corrected chi connectivity index (χ1v) is 5.83. The average molecular weight is 220 g/mol. The first kappa shape index (κ1) is 13.3. The lowest BCUT2D eigenvalue weighted by Crippen LogP contribution is -2.41. The molecule has 1 aromatic rings. The highest BCUT2D eigenvalue weighted by Crippen LogP contribution is 2.27. The van der Waals surface area contributed by atoms with Crippen LogP contribution < -0.4 is 5.46 Å². The molecule has 1 rings (SSSR count). The third kappa shape index (κ3) is 3.99. The molecule has 0 fully saturated rings. The van der Waals surface area contributed by atoms with Crippen molar-refractivity contribution in [3.8, 4) is 0 Å². The van der Waals surface area contributed by atoms with Crippen molar-refractivity contribution in [2.24, 2.45) is 0 Å². The van der Waals surface area contributed by atoms with Crippen LogP contribution in [0.15, 0.2) is 30.3 Å². The van der Waals surface area contributed by atoms with Gasteiger partial charge in [0.2, 0.25) is 0 Å². The predicted octanol–water partition coefficient (Wildman–Crippen LogP) is 2.08. The van der Waals surface area contributed by atoms with Gasteiger partial charge in [0.1, 0.15) is 0 Å². The minimum Gasteiger partial charge on any atom is -0.430 e. The maximum atomic E-state index is 8.77. The molecule has 0 aliphatic rings. The fraction of sp³-hybridized carbons (Fsp3) is 0.538. The summed E-state index contributed by atoms with van der Waals surface area (Å²) in [5.41, 5.74) is 1.20. The zero-order valence-corrected chi connectivity index (χ0v) is 10.4. The van der Waals surface area contributed by atoms with Gasteiger partial charge in [-0.25, -0.2) is 0 Å². The summed E-state index contributed by atoms with van der Waals surface area (Å²) < 4.78 is 5.87. The molecule has 0 saturated carbocycles. The summed E-state index contributed by atoms with van der Waals surface area (Å²) in [4.78, 5) is 0. The first-order valence-electron chi connectivity index (χ1n) is 5.83. The fourth-order valence-corrected chi connectivity index (χ4v) is 1.74. The average Bonchev–Trinajstić information content (AvgIpc) is 2.24.